The molecule has 1 atom stereocenters. The van der Waals surface area contributed by atoms with E-state index in [4.69, 9.17) is 5.11 Å². The van der Waals surface area contributed by atoms with Crippen LogP contribution in [0, 0.1) is 10.1 Å². The first kappa shape index (κ1) is 12.0. The largest absolute Gasteiger partial charge is 0.389 e. The molecule has 0 aliphatic heterocycles. The highest BCUT2D eigenvalue weighted by Crippen LogP contribution is 2.15. The number of benzene rings is 1. The van der Waals surface area contributed by atoms with E-state index in [1.54, 1.807) is 11.8 Å². The van der Waals surface area contributed by atoms with Crippen molar-refractivity contribution in [2.45, 2.75) is 17.4 Å². The highest BCUT2D eigenvalue weighted by Gasteiger charge is 2.18. The van der Waals surface area contributed by atoms with E-state index in [1.165, 1.54) is 0 Å². The van der Waals surface area contributed by atoms with E-state index in [0.29, 0.717) is 0 Å². The Hall–Kier alpha value is -1.07. The summed E-state index contributed by atoms with van der Waals surface area (Å²) in [5, 5.41) is 19.3. The minimum Gasteiger partial charge on any atom is -0.389 e. The summed E-state index contributed by atoms with van der Waals surface area (Å²) >= 11 is 1.63. The maximum Gasteiger partial charge on any atom is 0.239 e. The molecule has 0 radical (unpaired) electrons. The van der Waals surface area contributed by atoms with Gasteiger partial charge in [0.2, 0.25) is 6.04 Å². The van der Waals surface area contributed by atoms with Gasteiger partial charge in [-0.05, 0) is 24.0 Å². The van der Waals surface area contributed by atoms with Crippen molar-refractivity contribution >= 4 is 11.8 Å². The monoisotopic (exact) mass is 227 g/mol. The third-order valence-electron chi connectivity index (χ3n) is 2.14. The third-order valence-corrected chi connectivity index (χ3v) is 2.88. The van der Waals surface area contributed by atoms with Gasteiger partial charge < -0.3 is 5.11 Å². The zero-order chi connectivity index (χ0) is 11.3. The molecule has 1 aromatic rings. The Balaban J connectivity index is 2.67. The maximum atomic E-state index is 10.5. The van der Waals surface area contributed by atoms with Crippen molar-refractivity contribution in [3.05, 3.63) is 39.9 Å². The molecule has 0 aromatic heterocycles. The molecular weight excluding hydrogens is 214 g/mol. The quantitative estimate of drug-likeness (QED) is 0.471. The molecular formula is C10H13NO3S. The van der Waals surface area contributed by atoms with Crippen molar-refractivity contribution in [1.29, 1.82) is 0 Å². The van der Waals surface area contributed by atoms with Gasteiger partial charge in [-0.25, -0.2) is 0 Å². The van der Waals surface area contributed by atoms with E-state index in [-0.39, 0.29) is 6.42 Å². The molecule has 1 N–H and O–H groups in total. The van der Waals surface area contributed by atoms with Crippen LogP contribution in [0.15, 0.2) is 29.2 Å². The van der Waals surface area contributed by atoms with Crippen molar-refractivity contribution in [1.82, 2.24) is 0 Å². The molecule has 0 aliphatic rings. The topological polar surface area (TPSA) is 63.4 Å². The van der Waals surface area contributed by atoms with Gasteiger partial charge in [0.1, 0.15) is 6.61 Å². The minimum atomic E-state index is -0.898. The van der Waals surface area contributed by atoms with Crippen LogP contribution < -0.4 is 0 Å². The molecule has 0 spiro atoms. The second kappa shape index (κ2) is 5.72. The second-order valence-electron chi connectivity index (χ2n) is 3.17. The summed E-state index contributed by atoms with van der Waals surface area (Å²) in [5.41, 5.74) is 0.878. The number of hydrogen-bond donors (Lipinski definition) is 1. The van der Waals surface area contributed by atoms with Crippen LogP contribution in [0.25, 0.3) is 0 Å². The first-order chi connectivity index (χ1) is 7.17. The van der Waals surface area contributed by atoms with E-state index < -0.39 is 17.6 Å². The molecule has 0 saturated carbocycles. The van der Waals surface area contributed by atoms with Crippen LogP contribution in [-0.2, 0) is 6.42 Å². The van der Waals surface area contributed by atoms with Crippen LogP contribution in [0.2, 0.25) is 0 Å². The van der Waals surface area contributed by atoms with Crippen LogP contribution in [0.3, 0.4) is 0 Å². The molecule has 4 nitrogen and oxygen atoms in total. The normalized spacial score (nSPS) is 12.4. The van der Waals surface area contributed by atoms with Gasteiger partial charge >= 0.3 is 0 Å². The standard InChI is InChI=1S/C10H13NO3S/c1-15-10-4-2-8(3-5-10)6-9(7-12)11(13)14/h2-5,9,12H,6-7H2,1H3. The Bertz CT molecular complexity index is 326. The Labute approximate surface area is 92.5 Å². The van der Waals surface area contributed by atoms with Gasteiger partial charge in [0.05, 0.1) is 0 Å². The lowest BCUT2D eigenvalue weighted by Gasteiger charge is -2.06. The molecule has 0 fully saturated rings. The number of nitrogens with zero attached hydrogens (tertiary/aromatic N) is 1. The predicted molar refractivity (Wildman–Crippen MR) is 59.8 cm³/mol. The van der Waals surface area contributed by atoms with Crippen molar-refractivity contribution in [3.63, 3.8) is 0 Å². The molecule has 0 heterocycles. The lowest BCUT2D eigenvalue weighted by atomic mass is 10.1. The zero-order valence-electron chi connectivity index (χ0n) is 8.42. The van der Waals surface area contributed by atoms with Crippen LogP contribution in [0.1, 0.15) is 5.56 Å². The highest BCUT2D eigenvalue weighted by molar-refractivity contribution is 7.98. The van der Waals surface area contributed by atoms with Gasteiger partial charge in [-0.1, -0.05) is 12.1 Å². The summed E-state index contributed by atoms with van der Waals surface area (Å²) in [7, 11) is 0. The molecule has 1 aromatic carbocycles. The van der Waals surface area contributed by atoms with Crippen molar-refractivity contribution < 1.29 is 10.0 Å². The van der Waals surface area contributed by atoms with Crippen molar-refractivity contribution in [2.24, 2.45) is 0 Å². The number of aliphatic hydroxyl groups excluding tert-OH is 1. The molecule has 1 rings (SSSR count). The van der Waals surface area contributed by atoms with Crippen LogP contribution >= 0.6 is 11.8 Å². The average molecular weight is 227 g/mol. The smallest absolute Gasteiger partial charge is 0.239 e. The molecule has 1 unspecified atom stereocenters. The summed E-state index contributed by atoms with van der Waals surface area (Å²) in [6.45, 7) is -0.419. The molecule has 0 aliphatic carbocycles. The Morgan fingerprint density at radius 1 is 1.47 bits per heavy atom. The fourth-order valence-corrected chi connectivity index (χ4v) is 1.65. The summed E-state index contributed by atoms with van der Waals surface area (Å²) in [6, 6.07) is 6.67. The lowest BCUT2D eigenvalue weighted by molar-refractivity contribution is -0.525. The van der Waals surface area contributed by atoms with E-state index in [0.717, 1.165) is 10.5 Å². The first-order valence-electron chi connectivity index (χ1n) is 4.54. The van der Waals surface area contributed by atoms with Crippen molar-refractivity contribution in [3.8, 4) is 0 Å². The lowest BCUT2D eigenvalue weighted by Crippen LogP contribution is -2.26. The molecule has 5 heteroatoms. The van der Waals surface area contributed by atoms with E-state index in [1.807, 2.05) is 30.5 Å². The minimum absolute atomic E-state index is 0.276. The van der Waals surface area contributed by atoms with Crippen LogP contribution in [0.4, 0.5) is 0 Å². The summed E-state index contributed by atoms with van der Waals surface area (Å²) in [5.74, 6) is 0. The Morgan fingerprint density at radius 3 is 2.47 bits per heavy atom. The summed E-state index contributed by atoms with van der Waals surface area (Å²) < 4.78 is 0. The Kier molecular flexibility index (Phi) is 4.58. The van der Waals surface area contributed by atoms with Gasteiger partial charge in [-0.2, -0.15) is 0 Å². The Morgan fingerprint density at radius 2 is 2.07 bits per heavy atom. The maximum absolute atomic E-state index is 10.5. The first-order valence-corrected chi connectivity index (χ1v) is 5.77. The molecule has 82 valence electrons. The van der Waals surface area contributed by atoms with Crippen molar-refractivity contribution in [2.75, 3.05) is 12.9 Å². The van der Waals surface area contributed by atoms with Gasteiger partial charge in [0.25, 0.3) is 0 Å². The third kappa shape index (κ3) is 3.53. The van der Waals surface area contributed by atoms with E-state index >= 15 is 0 Å². The van der Waals surface area contributed by atoms with Crippen LogP contribution in [0.5, 0.6) is 0 Å². The number of nitro groups is 1. The van der Waals surface area contributed by atoms with E-state index in [9.17, 15) is 10.1 Å². The van der Waals surface area contributed by atoms with Gasteiger partial charge in [0, 0.05) is 16.2 Å². The number of hydrogen-bond acceptors (Lipinski definition) is 4. The second-order valence-corrected chi connectivity index (χ2v) is 4.05. The van der Waals surface area contributed by atoms with Gasteiger partial charge in [0.15, 0.2) is 0 Å². The fraction of sp³-hybridized carbons (Fsp3) is 0.400. The highest BCUT2D eigenvalue weighted by atomic mass is 32.2. The SMILES string of the molecule is CSc1ccc(CC(CO)[N+](=O)[O-])cc1. The van der Waals surface area contributed by atoms with Crippen LogP contribution in [-0.4, -0.2) is 28.9 Å². The molecule has 15 heavy (non-hydrogen) atoms. The zero-order valence-corrected chi connectivity index (χ0v) is 9.24. The number of aliphatic hydroxyl groups is 1. The summed E-state index contributed by atoms with van der Waals surface area (Å²) in [6.07, 6.45) is 2.25. The fourth-order valence-electron chi connectivity index (χ4n) is 1.24. The number of thioether (sulfide) groups is 1. The summed E-state index contributed by atoms with van der Waals surface area (Å²) in [4.78, 5) is 11.2. The van der Waals surface area contributed by atoms with E-state index in [2.05, 4.69) is 0 Å². The molecule has 0 bridgehead atoms. The average Bonchev–Trinajstić information content (AvgIpc) is 2.26. The van der Waals surface area contributed by atoms with Gasteiger partial charge in [-0.3, -0.25) is 10.1 Å². The molecule has 0 amide bonds. The van der Waals surface area contributed by atoms with Gasteiger partial charge in [-0.15, -0.1) is 11.8 Å². The molecule has 0 saturated heterocycles. The number of rotatable bonds is 5. The predicted octanol–water partition coefficient (Wildman–Crippen LogP) is 1.59.